The summed E-state index contributed by atoms with van der Waals surface area (Å²) in [4.78, 5) is 32.1. The van der Waals surface area contributed by atoms with Crippen molar-refractivity contribution >= 4 is 39.8 Å². The Morgan fingerprint density at radius 3 is 2.38 bits per heavy atom. The van der Waals surface area contributed by atoms with Gasteiger partial charge in [0.2, 0.25) is 0 Å². The van der Waals surface area contributed by atoms with Gasteiger partial charge in [-0.3, -0.25) is 9.59 Å². The van der Waals surface area contributed by atoms with Gasteiger partial charge in [-0.05, 0) is 67.5 Å². The van der Waals surface area contributed by atoms with Crippen LogP contribution in [0.25, 0.3) is 0 Å². The predicted octanol–water partition coefficient (Wildman–Crippen LogP) is 5.19. The number of thiophene rings is 1. The van der Waals surface area contributed by atoms with E-state index in [4.69, 9.17) is 11.6 Å². The number of nitrogens with one attached hydrogen (secondary N) is 1. The molecule has 4 rings (SSSR count). The highest BCUT2D eigenvalue weighted by Crippen LogP contribution is 2.44. The van der Waals surface area contributed by atoms with Gasteiger partial charge in [0.15, 0.2) is 0 Å². The van der Waals surface area contributed by atoms with Crippen LogP contribution in [0.3, 0.4) is 0 Å². The molecule has 7 heteroatoms. The van der Waals surface area contributed by atoms with Gasteiger partial charge in [0.05, 0.1) is 5.56 Å². The number of carbonyl (C=O) groups excluding carboxylic acids is 2. The van der Waals surface area contributed by atoms with Gasteiger partial charge in [-0.1, -0.05) is 32.4 Å². The summed E-state index contributed by atoms with van der Waals surface area (Å²) in [5, 5.41) is 4.34. The minimum absolute atomic E-state index is 0.0521. The zero-order valence-corrected chi connectivity index (χ0v) is 20.9. The number of piperazine rings is 1. The van der Waals surface area contributed by atoms with Crippen LogP contribution in [-0.2, 0) is 12.8 Å². The second kappa shape index (κ2) is 9.16. The van der Waals surface area contributed by atoms with E-state index in [1.807, 2.05) is 4.90 Å². The van der Waals surface area contributed by atoms with Crippen LogP contribution in [0.1, 0.15) is 58.3 Å². The van der Waals surface area contributed by atoms with E-state index < -0.39 is 0 Å². The normalized spacial score (nSPS) is 19.5. The molecule has 1 aromatic carbocycles. The van der Waals surface area contributed by atoms with Gasteiger partial charge in [0.25, 0.3) is 11.8 Å². The third kappa shape index (κ3) is 4.87. The van der Waals surface area contributed by atoms with E-state index >= 15 is 0 Å². The fourth-order valence-electron chi connectivity index (χ4n) is 4.58. The van der Waals surface area contributed by atoms with E-state index in [9.17, 15) is 9.59 Å². The van der Waals surface area contributed by atoms with E-state index in [1.54, 1.807) is 35.6 Å². The Morgan fingerprint density at radius 2 is 1.75 bits per heavy atom. The van der Waals surface area contributed by atoms with Crippen LogP contribution in [0.4, 0.5) is 5.00 Å². The van der Waals surface area contributed by atoms with Crippen molar-refractivity contribution in [3.63, 3.8) is 0 Å². The van der Waals surface area contributed by atoms with Gasteiger partial charge < -0.3 is 15.1 Å². The molecule has 2 heterocycles. The van der Waals surface area contributed by atoms with E-state index in [0.717, 1.165) is 51.0 Å². The standard InChI is InChI=1S/C25H32ClN3O2S/c1-25(2,3)17-7-10-19-20(15-17)32-23(27-22(30)16-5-8-18(26)9-6-16)21(19)24(31)29-13-11-28(4)12-14-29/h5-6,8-9,17H,7,10-15H2,1-4H3,(H,27,30)/t17-/m0/s1. The monoisotopic (exact) mass is 473 g/mol. The minimum Gasteiger partial charge on any atom is -0.336 e. The summed E-state index contributed by atoms with van der Waals surface area (Å²) < 4.78 is 0. The third-order valence-corrected chi connectivity index (χ3v) is 8.25. The Labute approximate surface area is 199 Å². The molecule has 1 aliphatic carbocycles. The largest absolute Gasteiger partial charge is 0.336 e. The highest BCUT2D eigenvalue weighted by molar-refractivity contribution is 7.17. The first kappa shape index (κ1) is 23.3. The molecule has 2 aromatic rings. The lowest BCUT2D eigenvalue weighted by atomic mass is 9.72. The summed E-state index contributed by atoms with van der Waals surface area (Å²) in [5.74, 6) is 0.413. The van der Waals surface area contributed by atoms with E-state index in [2.05, 4.69) is 38.0 Å². The molecular weight excluding hydrogens is 442 g/mol. The fourth-order valence-corrected chi connectivity index (χ4v) is 6.02. The maximum atomic E-state index is 13.6. The third-order valence-electron chi connectivity index (χ3n) is 6.83. The summed E-state index contributed by atoms with van der Waals surface area (Å²) >= 11 is 7.56. The van der Waals surface area contributed by atoms with Crippen LogP contribution < -0.4 is 5.32 Å². The molecule has 1 aromatic heterocycles. The Morgan fingerprint density at radius 1 is 1.09 bits per heavy atom. The van der Waals surface area contributed by atoms with Crippen LogP contribution in [0.15, 0.2) is 24.3 Å². The number of fused-ring (bicyclic) bond motifs is 1. The van der Waals surface area contributed by atoms with Gasteiger partial charge in [-0.25, -0.2) is 0 Å². The molecular formula is C25H32ClN3O2S. The molecule has 0 radical (unpaired) electrons. The van der Waals surface area contributed by atoms with Crippen molar-refractivity contribution in [3.05, 3.63) is 50.9 Å². The smallest absolute Gasteiger partial charge is 0.257 e. The molecule has 5 nitrogen and oxygen atoms in total. The first-order valence-corrected chi connectivity index (χ1v) is 12.5. The van der Waals surface area contributed by atoms with Crippen molar-refractivity contribution in [2.75, 3.05) is 38.5 Å². The Bertz CT molecular complexity index is 1000. The first-order valence-electron chi connectivity index (χ1n) is 11.3. The van der Waals surface area contributed by atoms with Gasteiger partial charge in [-0.15, -0.1) is 11.3 Å². The molecule has 0 saturated carbocycles. The van der Waals surface area contributed by atoms with E-state index in [1.165, 1.54) is 4.88 Å². The molecule has 172 valence electrons. The first-order chi connectivity index (χ1) is 15.1. The Hall–Kier alpha value is -1.89. The number of benzene rings is 1. The molecule has 1 fully saturated rings. The van der Waals surface area contributed by atoms with Crippen molar-refractivity contribution in [2.45, 2.75) is 40.0 Å². The second-order valence-electron chi connectivity index (χ2n) is 10.1. The van der Waals surface area contributed by atoms with Crippen molar-refractivity contribution < 1.29 is 9.59 Å². The summed E-state index contributed by atoms with van der Waals surface area (Å²) in [5.41, 5.74) is 2.61. The summed E-state index contributed by atoms with van der Waals surface area (Å²) in [7, 11) is 2.08. The molecule has 32 heavy (non-hydrogen) atoms. The number of likely N-dealkylation sites (N-methyl/N-ethyl adjacent to an activating group) is 1. The van der Waals surface area contributed by atoms with E-state index in [0.29, 0.717) is 27.1 Å². The van der Waals surface area contributed by atoms with Crippen molar-refractivity contribution in [3.8, 4) is 0 Å². The number of halogens is 1. The quantitative estimate of drug-likeness (QED) is 0.667. The SMILES string of the molecule is CN1CCN(C(=O)c2c(NC(=O)c3ccc(Cl)cc3)sc3c2CC[C@H](C(C)(C)C)C3)CC1. The average Bonchev–Trinajstić information content (AvgIpc) is 3.10. The zero-order valence-electron chi connectivity index (χ0n) is 19.3. The lowest BCUT2D eigenvalue weighted by molar-refractivity contribution is 0.0664. The van der Waals surface area contributed by atoms with Crippen molar-refractivity contribution in [1.82, 2.24) is 9.80 Å². The van der Waals surface area contributed by atoms with Gasteiger partial charge in [0.1, 0.15) is 5.00 Å². The lowest BCUT2D eigenvalue weighted by Gasteiger charge is -2.35. The molecule has 1 N–H and O–H groups in total. The number of nitrogens with zero attached hydrogens (tertiary/aromatic N) is 2. The van der Waals surface area contributed by atoms with Crippen molar-refractivity contribution in [2.24, 2.45) is 11.3 Å². The van der Waals surface area contributed by atoms with Crippen LogP contribution in [0.2, 0.25) is 5.02 Å². The van der Waals surface area contributed by atoms with Crippen molar-refractivity contribution in [1.29, 1.82) is 0 Å². The number of hydrogen-bond acceptors (Lipinski definition) is 4. The summed E-state index contributed by atoms with van der Waals surface area (Å²) in [6.45, 7) is 10.0. The number of carbonyl (C=O) groups is 2. The summed E-state index contributed by atoms with van der Waals surface area (Å²) in [6.07, 6.45) is 2.92. The molecule has 0 spiro atoms. The molecule has 2 aliphatic rings. The molecule has 2 amide bonds. The van der Waals surface area contributed by atoms with Crippen LogP contribution in [0, 0.1) is 11.3 Å². The highest BCUT2D eigenvalue weighted by atomic mass is 35.5. The Balaban J connectivity index is 1.66. The van der Waals surface area contributed by atoms with Crippen LogP contribution in [-0.4, -0.2) is 54.8 Å². The van der Waals surface area contributed by atoms with Gasteiger partial charge in [0, 0.05) is 41.6 Å². The fraction of sp³-hybridized carbons (Fsp3) is 0.520. The topological polar surface area (TPSA) is 52.6 Å². The maximum Gasteiger partial charge on any atom is 0.257 e. The number of amides is 2. The number of anilines is 1. The molecule has 0 unspecified atom stereocenters. The molecule has 1 atom stereocenters. The second-order valence-corrected chi connectivity index (χ2v) is 11.6. The van der Waals surface area contributed by atoms with Crippen LogP contribution >= 0.6 is 22.9 Å². The maximum absolute atomic E-state index is 13.6. The average molecular weight is 474 g/mol. The molecule has 0 bridgehead atoms. The van der Waals surface area contributed by atoms with Gasteiger partial charge in [-0.2, -0.15) is 0 Å². The summed E-state index contributed by atoms with van der Waals surface area (Å²) in [6, 6.07) is 6.84. The predicted molar refractivity (Wildman–Crippen MR) is 132 cm³/mol. The highest BCUT2D eigenvalue weighted by Gasteiger charge is 2.35. The minimum atomic E-state index is -0.208. The number of hydrogen-bond donors (Lipinski definition) is 1. The molecule has 1 aliphatic heterocycles. The van der Waals surface area contributed by atoms with Gasteiger partial charge >= 0.3 is 0 Å². The lowest BCUT2D eigenvalue weighted by Crippen LogP contribution is -2.47. The Kier molecular flexibility index (Phi) is 6.66. The number of rotatable bonds is 3. The van der Waals surface area contributed by atoms with E-state index in [-0.39, 0.29) is 17.2 Å². The zero-order chi connectivity index (χ0) is 23.0. The van der Waals surface area contributed by atoms with Crippen LogP contribution in [0.5, 0.6) is 0 Å². The molecule has 1 saturated heterocycles.